The number of unbranched alkanes of at least 4 members (excludes halogenated alkanes) is 1. The van der Waals surface area contributed by atoms with E-state index < -0.39 is 12.2 Å². The number of fused-ring (bicyclic) bond motifs is 3. The molecule has 1 aliphatic carbocycles. The van der Waals surface area contributed by atoms with Crippen molar-refractivity contribution in [2.45, 2.75) is 84.0 Å². The molecule has 1 saturated carbocycles. The van der Waals surface area contributed by atoms with Crippen LogP contribution in [-0.2, 0) is 6.42 Å². The van der Waals surface area contributed by atoms with Crippen LogP contribution < -0.4 is 4.74 Å². The van der Waals surface area contributed by atoms with Gasteiger partial charge in [-0.25, -0.2) is 0 Å². The van der Waals surface area contributed by atoms with E-state index in [2.05, 4.69) is 48.8 Å². The number of aliphatic hydroxyl groups is 2. The molecule has 1 aliphatic heterocycles. The summed E-state index contributed by atoms with van der Waals surface area (Å²) in [5.41, 5.74) is 2.52. The Morgan fingerprint density at radius 3 is 2.75 bits per heavy atom. The molecule has 0 radical (unpaired) electrons. The summed E-state index contributed by atoms with van der Waals surface area (Å²) in [7, 11) is 0. The Kier molecular flexibility index (Phi) is 9.22. The molecule has 6 atom stereocenters. The van der Waals surface area contributed by atoms with Gasteiger partial charge < -0.3 is 19.8 Å². The van der Waals surface area contributed by atoms with Crippen molar-refractivity contribution in [1.29, 1.82) is 0 Å². The van der Waals surface area contributed by atoms with Crippen LogP contribution in [0.3, 0.4) is 0 Å². The molecule has 2 aliphatic rings. The normalized spacial score (nSPS) is 25.8. The fourth-order valence-corrected chi connectivity index (χ4v) is 5.17. The highest BCUT2D eigenvalue weighted by molar-refractivity contribution is 5.49. The molecule has 176 valence electrons. The summed E-state index contributed by atoms with van der Waals surface area (Å²) in [4.78, 5) is 2.47. The van der Waals surface area contributed by atoms with Crippen molar-refractivity contribution in [2.24, 2.45) is 11.8 Å². The zero-order chi connectivity index (χ0) is 23.1. The number of para-hydroxylation sites is 1. The minimum absolute atomic E-state index is 0.0204. The highest BCUT2D eigenvalue weighted by atomic mass is 16.5. The molecule has 3 rings (SSSR count). The molecule has 2 N–H and O–H groups in total. The van der Waals surface area contributed by atoms with Gasteiger partial charge in [0.2, 0.25) is 0 Å². The van der Waals surface area contributed by atoms with Crippen molar-refractivity contribution in [3.05, 3.63) is 41.5 Å². The molecule has 1 aromatic rings. The van der Waals surface area contributed by atoms with Gasteiger partial charge in [0.05, 0.1) is 12.2 Å². The molecule has 0 amide bonds. The molecule has 0 saturated heterocycles. The lowest BCUT2D eigenvalue weighted by Crippen LogP contribution is -2.23. The summed E-state index contributed by atoms with van der Waals surface area (Å²) in [5.74, 6) is 7.17. The SMILES string of the molecule is CC#CC[C@@H](C)[C@H](O)C=C[C@@H]1[C@H]2c3cccc(CCCCN(CC)CC)c3O[C@H]2C[C@H]1O. The molecule has 0 unspecified atom stereocenters. The standard InChI is InChI=1S/C28H41NO3/c1-5-8-12-20(4)24(30)17-16-22-25(31)19-26-27(22)23-15-11-14-21(28(23)32-26)13-9-10-18-29(6-2)7-3/h11,14-17,20,22,24-27,30-31H,6-7,9-10,12-13,18-19H2,1-4H3/t20-,22+,24-,25-,26+,27+/m1/s1. The highest BCUT2D eigenvalue weighted by Crippen LogP contribution is 2.52. The monoisotopic (exact) mass is 439 g/mol. The second-order valence-electron chi connectivity index (χ2n) is 9.37. The minimum atomic E-state index is -0.555. The van der Waals surface area contributed by atoms with Gasteiger partial charge in [0.25, 0.3) is 0 Å². The molecule has 4 heteroatoms. The van der Waals surface area contributed by atoms with Crippen molar-refractivity contribution >= 4 is 0 Å². The van der Waals surface area contributed by atoms with E-state index in [1.165, 1.54) is 17.5 Å². The molecular weight excluding hydrogens is 398 g/mol. The number of aliphatic hydroxyl groups excluding tert-OH is 2. The number of nitrogens with zero attached hydrogens (tertiary/aromatic N) is 1. The van der Waals surface area contributed by atoms with Crippen LogP contribution >= 0.6 is 0 Å². The van der Waals surface area contributed by atoms with Gasteiger partial charge in [-0.05, 0) is 57.3 Å². The second-order valence-corrected chi connectivity index (χ2v) is 9.37. The van der Waals surface area contributed by atoms with E-state index in [0.717, 1.165) is 38.2 Å². The Hall–Kier alpha value is -1.80. The van der Waals surface area contributed by atoms with E-state index in [1.807, 2.05) is 26.0 Å². The zero-order valence-electron chi connectivity index (χ0n) is 20.3. The van der Waals surface area contributed by atoms with Gasteiger partial charge in [-0.1, -0.05) is 51.1 Å². The molecule has 1 aromatic carbocycles. The first-order chi connectivity index (χ1) is 15.5. The third-order valence-corrected chi connectivity index (χ3v) is 7.27. The summed E-state index contributed by atoms with van der Waals surface area (Å²) >= 11 is 0. The lowest BCUT2D eigenvalue weighted by Gasteiger charge is -2.19. The van der Waals surface area contributed by atoms with Crippen molar-refractivity contribution in [1.82, 2.24) is 4.90 Å². The van der Waals surface area contributed by atoms with Gasteiger partial charge in [-0.15, -0.1) is 11.8 Å². The van der Waals surface area contributed by atoms with Crippen LogP contribution in [0, 0.1) is 23.7 Å². The molecular formula is C28H41NO3. The van der Waals surface area contributed by atoms with Crippen LogP contribution in [0.15, 0.2) is 30.4 Å². The lowest BCUT2D eigenvalue weighted by molar-refractivity contribution is 0.134. The van der Waals surface area contributed by atoms with Crippen LogP contribution in [0.1, 0.15) is 70.4 Å². The first kappa shape index (κ1) is 24.8. The summed E-state index contributed by atoms with van der Waals surface area (Å²) < 4.78 is 6.41. The molecule has 0 aromatic heterocycles. The fraction of sp³-hybridized carbons (Fsp3) is 0.643. The van der Waals surface area contributed by atoms with Gasteiger partial charge in [0, 0.05) is 30.2 Å². The predicted molar refractivity (Wildman–Crippen MR) is 131 cm³/mol. The van der Waals surface area contributed by atoms with Gasteiger partial charge >= 0.3 is 0 Å². The molecule has 0 bridgehead atoms. The molecule has 4 nitrogen and oxygen atoms in total. The first-order valence-electron chi connectivity index (χ1n) is 12.4. The fourth-order valence-electron chi connectivity index (χ4n) is 5.17. The van der Waals surface area contributed by atoms with Crippen molar-refractivity contribution in [3.8, 4) is 17.6 Å². The van der Waals surface area contributed by atoms with Crippen LogP contribution in [0.25, 0.3) is 0 Å². The quantitative estimate of drug-likeness (QED) is 0.302. The number of rotatable bonds is 11. The smallest absolute Gasteiger partial charge is 0.126 e. The van der Waals surface area contributed by atoms with Crippen LogP contribution in [0.4, 0.5) is 0 Å². The van der Waals surface area contributed by atoms with Crippen molar-refractivity contribution < 1.29 is 14.9 Å². The second kappa shape index (κ2) is 11.9. The van der Waals surface area contributed by atoms with E-state index in [1.54, 1.807) is 0 Å². The minimum Gasteiger partial charge on any atom is -0.489 e. The Morgan fingerprint density at radius 1 is 1.25 bits per heavy atom. The van der Waals surface area contributed by atoms with Crippen molar-refractivity contribution in [3.63, 3.8) is 0 Å². The third kappa shape index (κ3) is 5.76. The van der Waals surface area contributed by atoms with Crippen LogP contribution in [-0.4, -0.2) is 53.1 Å². The topological polar surface area (TPSA) is 52.9 Å². The first-order valence-corrected chi connectivity index (χ1v) is 12.4. The summed E-state index contributed by atoms with van der Waals surface area (Å²) in [6.45, 7) is 11.6. The summed E-state index contributed by atoms with van der Waals surface area (Å²) in [5, 5.41) is 21.2. The number of aryl methyl sites for hydroxylation is 1. The zero-order valence-corrected chi connectivity index (χ0v) is 20.3. The Morgan fingerprint density at radius 2 is 2.03 bits per heavy atom. The lowest BCUT2D eigenvalue weighted by atomic mass is 9.86. The molecule has 32 heavy (non-hydrogen) atoms. The largest absolute Gasteiger partial charge is 0.489 e. The van der Waals surface area contributed by atoms with E-state index in [9.17, 15) is 10.2 Å². The van der Waals surface area contributed by atoms with E-state index >= 15 is 0 Å². The van der Waals surface area contributed by atoms with E-state index in [-0.39, 0.29) is 23.9 Å². The molecule has 0 spiro atoms. The Bertz CT molecular complexity index is 820. The Labute approximate surface area is 194 Å². The maximum Gasteiger partial charge on any atom is 0.126 e. The number of ether oxygens (including phenoxy) is 1. The van der Waals surface area contributed by atoms with E-state index in [4.69, 9.17) is 4.74 Å². The van der Waals surface area contributed by atoms with Gasteiger partial charge in [0.15, 0.2) is 0 Å². The maximum atomic E-state index is 10.7. The third-order valence-electron chi connectivity index (χ3n) is 7.27. The number of benzene rings is 1. The Balaban J connectivity index is 1.66. The molecule has 1 heterocycles. The van der Waals surface area contributed by atoms with E-state index in [0.29, 0.717) is 12.8 Å². The summed E-state index contributed by atoms with van der Waals surface area (Å²) in [6.07, 6.45) is 7.59. The average Bonchev–Trinajstić information content (AvgIpc) is 3.30. The van der Waals surface area contributed by atoms with Crippen LogP contribution in [0.5, 0.6) is 5.75 Å². The maximum absolute atomic E-state index is 10.7. The summed E-state index contributed by atoms with van der Waals surface area (Å²) in [6, 6.07) is 6.49. The van der Waals surface area contributed by atoms with Crippen LogP contribution in [0.2, 0.25) is 0 Å². The average molecular weight is 440 g/mol. The van der Waals surface area contributed by atoms with Gasteiger partial charge in [-0.2, -0.15) is 0 Å². The molecule has 1 fully saturated rings. The van der Waals surface area contributed by atoms with Crippen molar-refractivity contribution in [2.75, 3.05) is 19.6 Å². The highest BCUT2D eigenvalue weighted by Gasteiger charge is 2.48. The van der Waals surface area contributed by atoms with Gasteiger partial charge in [-0.3, -0.25) is 0 Å². The van der Waals surface area contributed by atoms with Gasteiger partial charge in [0.1, 0.15) is 11.9 Å². The number of hydrogen-bond donors (Lipinski definition) is 2. The number of hydrogen-bond acceptors (Lipinski definition) is 4. The predicted octanol–water partition coefficient (Wildman–Crippen LogP) is 4.54.